The van der Waals surface area contributed by atoms with Crippen molar-refractivity contribution in [2.75, 3.05) is 23.8 Å². The van der Waals surface area contributed by atoms with Crippen LogP contribution in [0.5, 0.6) is 5.75 Å². The van der Waals surface area contributed by atoms with Crippen molar-refractivity contribution in [3.05, 3.63) is 83.2 Å². The number of nitrogens with one attached hydrogen (secondary N) is 1. The molecule has 0 aliphatic heterocycles. The average Bonchev–Trinajstić information content (AvgIpc) is 3.23. The zero-order valence-electron chi connectivity index (χ0n) is 17.8. The molecule has 1 amide bonds. The van der Waals surface area contributed by atoms with Gasteiger partial charge in [-0.25, -0.2) is 8.42 Å². The first-order valence-electron chi connectivity index (χ1n) is 9.83. The van der Waals surface area contributed by atoms with Crippen molar-refractivity contribution in [1.82, 2.24) is 0 Å². The number of aryl methyl sites for hydroxylation is 1. The molecule has 1 heterocycles. The van der Waals surface area contributed by atoms with Gasteiger partial charge < -0.3 is 10.1 Å². The third-order valence-electron chi connectivity index (χ3n) is 5.12. The molecular formula is C24H22N2O4S2. The Bertz CT molecular complexity index is 1390. The van der Waals surface area contributed by atoms with Gasteiger partial charge in [-0.3, -0.25) is 9.10 Å². The Hall–Kier alpha value is -3.36. The van der Waals surface area contributed by atoms with E-state index in [4.69, 9.17) is 4.74 Å². The highest BCUT2D eigenvalue weighted by atomic mass is 32.2. The second kappa shape index (κ2) is 8.64. The summed E-state index contributed by atoms with van der Waals surface area (Å²) in [6, 6.07) is 21.1. The molecule has 164 valence electrons. The number of anilines is 2. The summed E-state index contributed by atoms with van der Waals surface area (Å²) in [5.74, 6) is 0.324. The summed E-state index contributed by atoms with van der Waals surface area (Å²) in [4.78, 5) is 13.5. The molecule has 0 bridgehead atoms. The fourth-order valence-corrected chi connectivity index (χ4v) is 5.40. The highest BCUT2D eigenvalue weighted by molar-refractivity contribution is 7.92. The first kappa shape index (κ1) is 21.9. The fourth-order valence-electron chi connectivity index (χ4n) is 3.28. The van der Waals surface area contributed by atoms with Crippen molar-refractivity contribution in [2.24, 2.45) is 0 Å². The molecule has 4 rings (SSSR count). The average molecular weight is 467 g/mol. The van der Waals surface area contributed by atoms with Crippen molar-refractivity contribution >= 4 is 48.7 Å². The second-order valence-electron chi connectivity index (χ2n) is 7.27. The number of thiophene rings is 1. The summed E-state index contributed by atoms with van der Waals surface area (Å²) in [5.41, 5.74) is 2.10. The van der Waals surface area contributed by atoms with E-state index in [0.29, 0.717) is 22.0 Å². The van der Waals surface area contributed by atoms with Gasteiger partial charge in [-0.15, -0.1) is 11.3 Å². The number of amides is 1. The minimum absolute atomic E-state index is 0.230. The minimum Gasteiger partial charge on any atom is -0.495 e. The molecule has 3 aromatic carbocycles. The van der Waals surface area contributed by atoms with E-state index in [1.54, 1.807) is 61.7 Å². The maximum atomic E-state index is 13.0. The van der Waals surface area contributed by atoms with Crippen LogP contribution < -0.4 is 14.4 Å². The number of carbonyl (C=O) groups is 1. The topological polar surface area (TPSA) is 75.7 Å². The molecule has 0 atom stereocenters. The molecule has 0 aliphatic rings. The van der Waals surface area contributed by atoms with E-state index < -0.39 is 10.0 Å². The van der Waals surface area contributed by atoms with Crippen LogP contribution >= 0.6 is 11.3 Å². The van der Waals surface area contributed by atoms with Crippen LogP contribution in [0.2, 0.25) is 0 Å². The number of hydrogen-bond donors (Lipinski definition) is 1. The molecular weight excluding hydrogens is 444 g/mol. The number of carbonyl (C=O) groups excluding carboxylic acids is 1. The molecule has 4 aromatic rings. The number of hydrogen-bond acceptors (Lipinski definition) is 5. The number of para-hydroxylation sites is 2. The van der Waals surface area contributed by atoms with E-state index in [9.17, 15) is 13.2 Å². The highest BCUT2D eigenvalue weighted by Gasteiger charge is 2.22. The van der Waals surface area contributed by atoms with Crippen LogP contribution in [0.25, 0.3) is 10.1 Å². The highest BCUT2D eigenvalue weighted by Crippen LogP contribution is 2.32. The Kier molecular flexibility index (Phi) is 5.90. The monoisotopic (exact) mass is 466 g/mol. The van der Waals surface area contributed by atoms with Crippen LogP contribution in [0.3, 0.4) is 0 Å². The van der Waals surface area contributed by atoms with Crippen LogP contribution in [0.15, 0.2) is 77.7 Å². The number of benzene rings is 3. The number of nitrogens with zero attached hydrogens (tertiary/aromatic N) is 1. The number of ether oxygens (including phenoxy) is 1. The van der Waals surface area contributed by atoms with E-state index in [0.717, 1.165) is 15.6 Å². The number of methoxy groups -OCH3 is 1. The summed E-state index contributed by atoms with van der Waals surface area (Å²) < 4.78 is 33.4. The van der Waals surface area contributed by atoms with Crippen molar-refractivity contribution in [1.29, 1.82) is 0 Å². The molecule has 0 aliphatic carbocycles. The Morgan fingerprint density at radius 2 is 1.72 bits per heavy atom. The fraction of sp³-hybridized carbons (Fsp3) is 0.125. The third kappa shape index (κ3) is 4.19. The van der Waals surface area contributed by atoms with E-state index in [1.807, 2.05) is 25.1 Å². The van der Waals surface area contributed by atoms with Crippen molar-refractivity contribution in [3.8, 4) is 5.75 Å². The SMILES string of the molecule is COc1ccccc1NC(=O)c1cc2cc(N(C)S(=O)(=O)c3ccc(C)cc3)ccc2s1. The summed E-state index contributed by atoms with van der Waals surface area (Å²) >= 11 is 1.34. The van der Waals surface area contributed by atoms with Crippen molar-refractivity contribution in [2.45, 2.75) is 11.8 Å². The van der Waals surface area contributed by atoms with Gasteiger partial charge in [0.25, 0.3) is 15.9 Å². The standard InChI is InChI=1S/C24H22N2O4S2/c1-16-8-11-19(12-9-16)32(28,29)26(2)18-10-13-22-17(14-18)15-23(31-22)24(27)25-20-6-4-5-7-21(20)30-3/h4-15H,1-3H3,(H,25,27). The maximum absolute atomic E-state index is 13.0. The van der Waals surface area contributed by atoms with Gasteiger partial charge in [0.05, 0.1) is 28.3 Å². The molecule has 1 N–H and O–H groups in total. The Balaban J connectivity index is 1.61. The van der Waals surface area contributed by atoms with E-state index in [-0.39, 0.29) is 10.8 Å². The molecule has 0 fully saturated rings. The first-order chi connectivity index (χ1) is 15.3. The van der Waals surface area contributed by atoms with Gasteiger partial charge >= 0.3 is 0 Å². The number of rotatable bonds is 6. The quantitative estimate of drug-likeness (QED) is 0.419. The number of fused-ring (bicyclic) bond motifs is 1. The van der Waals surface area contributed by atoms with Gasteiger partial charge in [0, 0.05) is 11.7 Å². The van der Waals surface area contributed by atoms with Crippen LogP contribution in [-0.2, 0) is 10.0 Å². The Labute approximate surface area is 191 Å². The minimum atomic E-state index is -3.69. The predicted molar refractivity (Wildman–Crippen MR) is 130 cm³/mol. The molecule has 0 unspecified atom stereocenters. The van der Waals surface area contributed by atoms with Crippen LogP contribution in [0.1, 0.15) is 15.2 Å². The molecule has 8 heteroatoms. The zero-order chi connectivity index (χ0) is 22.9. The summed E-state index contributed by atoms with van der Waals surface area (Å²) in [7, 11) is -0.617. The Morgan fingerprint density at radius 1 is 1.00 bits per heavy atom. The van der Waals surface area contributed by atoms with Gasteiger partial charge in [0.1, 0.15) is 5.75 Å². The van der Waals surface area contributed by atoms with Gasteiger partial charge in [-0.05, 0) is 60.8 Å². The summed E-state index contributed by atoms with van der Waals surface area (Å²) in [6.07, 6.45) is 0. The lowest BCUT2D eigenvalue weighted by molar-refractivity contribution is 0.103. The molecule has 0 saturated heterocycles. The third-order valence-corrected chi connectivity index (χ3v) is 8.04. The van der Waals surface area contributed by atoms with Gasteiger partial charge in [0.15, 0.2) is 0 Å². The molecule has 0 saturated carbocycles. The van der Waals surface area contributed by atoms with Crippen molar-refractivity contribution in [3.63, 3.8) is 0 Å². The molecule has 0 spiro atoms. The lowest BCUT2D eigenvalue weighted by atomic mass is 10.2. The lowest BCUT2D eigenvalue weighted by Gasteiger charge is -2.19. The largest absolute Gasteiger partial charge is 0.495 e. The summed E-state index contributed by atoms with van der Waals surface area (Å²) in [6.45, 7) is 1.91. The zero-order valence-corrected chi connectivity index (χ0v) is 19.5. The molecule has 1 aromatic heterocycles. The first-order valence-corrected chi connectivity index (χ1v) is 12.1. The molecule has 6 nitrogen and oxygen atoms in total. The Morgan fingerprint density at radius 3 is 2.44 bits per heavy atom. The van der Waals surface area contributed by atoms with E-state index >= 15 is 0 Å². The van der Waals surface area contributed by atoms with Crippen molar-refractivity contribution < 1.29 is 17.9 Å². The van der Waals surface area contributed by atoms with Crippen LogP contribution in [0.4, 0.5) is 11.4 Å². The molecule has 32 heavy (non-hydrogen) atoms. The van der Waals surface area contributed by atoms with E-state index in [2.05, 4.69) is 5.32 Å². The lowest BCUT2D eigenvalue weighted by Crippen LogP contribution is -2.26. The normalized spacial score (nSPS) is 11.3. The van der Waals surface area contributed by atoms with E-state index in [1.165, 1.54) is 22.7 Å². The van der Waals surface area contributed by atoms with Gasteiger partial charge in [0.2, 0.25) is 0 Å². The van der Waals surface area contributed by atoms with Crippen LogP contribution in [-0.4, -0.2) is 28.5 Å². The summed E-state index contributed by atoms with van der Waals surface area (Å²) in [5, 5.41) is 3.66. The van der Waals surface area contributed by atoms with Crippen LogP contribution in [0, 0.1) is 6.92 Å². The smallest absolute Gasteiger partial charge is 0.265 e. The second-order valence-corrected chi connectivity index (χ2v) is 10.3. The van der Waals surface area contributed by atoms with Gasteiger partial charge in [-0.2, -0.15) is 0 Å². The maximum Gasteiger partial charge on any atom is 0.265 e. The molecule has 0 radical (unpaired) electrons. The predicted octanol–water partition coefficient (Wildman–Crippen LogP) is 5.30. The van der Waals surface area contributed by atoms with Gasteiger partial charge in [-0.1, -0.05) is 29.8 Å². The number of sulfonamides is 1.